The molecule has 0 amide bonds. The van der Waals surface area contributed by atoms with Crippen LogP contribution in [0.25, 0.3) is 0 Å². The first-order valence-corrected chi connectivity index (χ1v) is 7.50. The Morgan fingerprint density at radius 3 is 2.50 bits per heavy atom. The molecule has 4 nitrogen and oxygen atoms in total. The number of piperazine rings is 1. The van der Waals surface area contributed by atoms with Crippen LogP contribution in [0.2, 0.25) is 0 Å². The smallest absolute Gasteiger partial charge is 0.127 e. The summed E-state index contributed by atoms with van der Waals surface area (Å²) in [6, 6.07) is 6.74. The van der Waals surface area contributed by atoms with Gasteiger partial charge in [-0.3, -0.25) is 4.90 Å². The molecule has 0 bridgehead atoms. The van der Waals surface area contributed by atoms with Crippen LogP contribution in [0, 0.1) is 5.92 Å². The third-order valence-corrected chi connectivity index (χ3v) is 4.37. The van der Waals surface area contributed by atoms with E-state index in [1.807, 2.05) is 6.07 Å². The van der Waals surface area contributed by atoms with Gasteiger partial charge in [0, 0.05) is 43.9 Å². The van der Waals surface area contributed by atoms with Crippen LogP contribution < -0.4 is 14.8 Å². The molecular weight excluding hydrogens is 252 g/mol. The molecule has 1 heterocycles. The van der Waals surface area contributed by atoms with Crippen LogP contribution in [-0.4, -0.2) is 45.3 Å². The lowest BCUT2D eigenvalue weighted by molar-refractivity contribution is 0.153. The van der Waals surface area contributed by atoms with E-state index in [4.69, 9.17) is 9.47 Å². The molecule has 0 unspecified atom stereocenters. The summed E-state index contributed by atoms with van der Waals surface area (Å²) in [5.41, 5.74) is 1.32. The van der Waals surface area contributed by atoms with Gasteiger partial charge >= 0.3 is 0 Å². The lowest BCUT2D eigenvalue weighted by Gasteiger charge is -2.36. The van der Waals surface area contributed by atoms with E-state index in [0.29, 0.717) is 6.04 Å². The van der Waals surface area contributed by atoms with Gasteiger partial charge in [0.05, 0.1) is 14.2 Å². The summed E-state index contributed by atoms with van der Waals surface area (Å²) in [5.74, 6) is 2.61. The van der Waals surface area contributed by atoms with Gasteiger partial charge in [0.1, 0.15) is 11.5 Å². The van der Waals surface area contributed by atoms with Gasteiger partial charge in [0.15, 0.2) is 0 Å². The molecule has 110 valence electrons. The van der Waals surface area contributed by atoms with Crippen LogP contribution >= 0.6 is 0 Å². The molecule has 1 N–H and O–H groups in total. The van der Waals surface area contributed by atoms with Crippen LogP contribution in [0.1, 0.15) is 24.4 Å². The quantitative estimate of drug-likeness (QED) is 0.892. The molecule has 1 saturated heterocycles. The zero-order valence-electron chi connectivity index (χ0n) is 12.4. The minimum Gasteiger partial charge on any atom is -0.497 e. The topological polar surface area (TPSA) is 33.7 Å². The minimum atomic E-state index is 0.498. The van der Waals surface area contributed by atoms with Crippen LogP contribution in [-0.2, 0) is 0 Å². The summed E-state index contributed by atoms with van der Waals surface area (Å²) in [7, 11) is 3.45. The Bertz CT molecular complexity index is 454. The van der Waals surface area contributed by atoms with E-state index in [-0.39, 0.29) is 0 Å². The molecule has 1 aliphatic carbocycles. The first kappa shape index (κ1) is 13.7. The number of methoxy groups -OCH3 is 2. The first-order valence-electron chi connectivity index (χ1n) is 7.50. The molecule has 2 fully saturated rings. The molecule has 1 aromatic rings. The average molecular weight is 276 g/mol. The highest BCUT2D eigenvalue weighted by molar-refractivity contribution is 5.43. The lowest BCUT2D eigenvalue weighted by atomic mass is 9.98. The molecule has 0 radical (unpaired) electrons. The molecule has 1 atom stereocenters. The van der Waals surface area contributed by atoms with Crippen molar-refractivity contribution < 1.29 is 9.47 Å². The second kappa shape index (κ2) is 6.02. The van der Waals surface area contributed by atoms with Crippen molar-refractivity contribution in [1.82, 2.24) is 10.2 Å². The SMILES string of the molecule is COc1ccc([C@H](C2CC2)N2CCNCC2)c(OC)c1. The summed E-state index contributed by atoms with van der Waals surface area (Å²) in [6.07, 6.45) is 2.67. The molecule has 1 saturated carbocycles. The Labute approximate surface area is 121 Å². The fourth-order valence-electron chi connectivity index (χ4n) is 3.18. The molecule has 20 heavy (non-hydrogen) atoms. The van der Waals surface area contributed by atoms with Crippen molar-refractivity contribution in [3.63, 3.8) is 0 Å². The van der Waals surface area contributed by atoms with Crippen molar-refractivity contribution in [2.75, 3.05) is 40.4 Å². The zero-order chi connectivity index (χ0) is 13.9. The van der Waals surface area contributed by atoms with Gasteiger partial charge in [0.25, 0.3) is 0 Å². The molecular formula is C16H24N2O2. The molecule has 2 aliphatic rings. The highest BCUT2D eigenvalue weighted by atomic mass is 16.5. The van der Waals surface area contributed by atoms with E-state index in [0.717, 1.165) is 43.6 Å². The fourth-order valence-corrected chi connectivity index (χ4v) is 3.18. The van der Waals surface area contributed by atoms with Crippen LogP contribution in [0.15, 0.2) is 18.2 Å². The maximum Gasteiger partial charge on any atom is 0.127 e. The average Bonchev–Trinajstić information content (AvgIpc) is 3.33. The third-order valence-electron chi connectivity index (χ3n) is 4.37. The maximum atomic E-state index is 5.62. The molecule has 1 aromatic carbocycles. The Kier molecular flexibility index (Phi) is 4.13. The van der Waals surface area contributed by atoms with Crippen LogP contribution in [0.5, 0.6) is 11.5 Å². The fraction of sp³-hybridized carbons (Fsp3) is 0.625. The molecule has 3 rings (SSSR count). The van der Waals surface area contributed by atoms with Gasteiger partial charge in [-0.05, 0) is 24.8 Å². The number of rotatable bonds is 5. The normalized spacial score (nSPS) is 21.5. The number of hydrogen-bond acceptors (Lipinski definition) is 4. The van der Waals surface area contributed by atoms with Crippen molar-refractivity contribution in [1.29, 1.82) is 0 Å². The van der Waals surface area contributed by atoms with Gasteiger partial charge in [-0.25, -0.2) is 0 Å². The van der Waals surface area contributed by atoms with Gasteiger partial charge in [-0.1, -0.05) is 6.07 Å². The second-order valence-electron chi connectivity index (χ2n) is 5.68. The summed E-state index contributed by atoms with van der Waals surface area (Å²) in [4.78, 5) is 2.61. The van der Waals surface area contributed by atoms with Gasteiger partial charge in [0.2, 0.25) is 0 Å². The molecule has 1 aliphatic heterocycles. The van der Waals surface area contributed by atoms with Crippen molar-refractivity contribution in [3.05, 3.63) is 23.8 Å². The summed E-state index contributed by atoms with van der Waals surface area (Å²) >= 11 is 0. The standard InChI is InChI=1S/C16H24N2O2/c1-19-13-5-6-14(15(11-13)20-2)16(12-3-4-12)18-9-7-17-8-10-18/h5-6,11-12,16-17H,3-4,7-10H2,1-2H3/t16-/m0/s1. The van der Waals surface area contributed by atoms with Crippen molar-refractivity contribution >= 4 is 0 Å². The molecule has 4 heteroatoms. The van der Waals surface area contributed by atoms with E-state index in [9.17, 15) is 0 Å². The monoisotopic (exact) mass is 276 g/mol. The van der Waals surface area contributed by atoms with E-state index >= 15 is 0 Å². The van der Waals surface area contributed by atoms with E-state index < -0.39 is 0 Å². The highest BCUT2D eigenvalue weighted by Gasteiger charge is 2.38. The largest absolute Gasteiger partial charge is 0.497 e. The van der Waals surface area contributed by atoms with Crippen LogP contribution in [0.3, 0.4) is 0 Å². The summed E-state index contributed by atoms with van der Waals surface area (Å²) < 4.78 is 10.9. The minimum absolute atomic E-state index is 0.498. The maximum absolute atomic E-state index is 5.62. The van der Waals surface area contributed by atoms with Gasteiger partial charge < -0.3 is 14.8 Å². The van der Waals surface area contributed by atoms with E-state index in [2.05, 4.69) is 22.3 Å². The third kappa shape index (κ3) is 2.76. The Morgan fingerprint density at radius 2 is 1.90 bits per heavy atom. The highest BCUT2D eigenvalue weighted by Crippen LogP contribution is 2.47. The lowest BCUT2D eigenvalue weighted by Crippen LogP contribution is -2.45. The zero-order valence-corrected chi connectivity index (χ0v) is 12.4. The van der Waals surface area contributed by atoms with Crippen molar-refractivity contribution in [2.45, 2.75) is 18.9 Å². The predicted molar refractivity (Wildman–Crippen MR) is 79.5 cm³/mol. The number of ether oxygens (including phenoxy) is 2. The van der Waals surface area contributed by atoms with Crippen molar-refractivity contribution in [3.8, 4) is 11.5 Å². The van der Waals surface area contributed by atoms with Gasteiger partial charge in [-0.2, -0.15) is 0 Å². The van der Waals surface area contributed by atoms with Gasteiger partial charge in [-0.15, -0.1) is 0 Å². The Morgan fingerprint density at radius 1 is 1.15 bits per heavy atom. The predicted octanol–water partition coefficient (Wildman–Crippen LogP) is 2.06. The number of benzene rings is 1. The van der Waals surface area contributed by atoms with Crippen molar-refractivity contribution in [2.24, 2.45) is 5.92 Å². The van der Waals surface area contributed by atoms with Crippen LogP contribution in [0.4, 0.5) is 0 Å². The van der Waals surface area contributed by atoms with E-state index in [1.165, 1.54) is 18.4 Å². The second-order valence-corrected chi connectivity index (χ2v) is 5.68. The first-order chi connectivity index (χ1) is 9.83. The molecule has 0 aromatic heterocycles. The Balaban J connectivity index is 1.90. The van der Waals surface area contributed by atoms with E-state index in [1.54, 1.807) is 14.2 Å². The number of hydrogen-bond donors (Lipinski definition) is 1. The summed E-state index contributed by atoms with van der Waals surface area (Å²) in [6.45, 7) is 4.41. The summed E-state index contributed by atoms with van der Waals surface area (Å²) in [5, 5.41) is 3.43. The molecule has 0 spiro atoms. The Hall–Kier alpha value is -1.26. The number of nitrogens with zero attached hydrogens (tertiary/aromatic N) is 1. The number of nitrogens with one attached hydrogen (secondary N) is 1.